The summed E-state index contributed by atoms with van der Waals surface area (Å²) in [5, 5.41) is 0. The molecule has 23 heavy (non-hydrogen) atoms. The van der Waals surface area contributed by atoms with Gasteiger partial charge in [0, 0.05) is 26.7 Å². The van der Waals surface area contributed by atoms with Crippen molar-refractivity contribution in [2.24, 2.45) is 0 Å². The van der Waals surface area contributed by atoms with E-state index in [1.807, 2.05) is 18.2 Å². The van der Waals surface area contributed by atoms with Crippen molar-refractivity contribution in [1.29, 1.82) is 0 Å². The molecule has 0 bridgehead atoms. The zero-order chi connectivity index (χ0) is 16.3. The van der Waals surface area contributed by atoms with Crippen molar-refractivity contribution in [1.82, 2.24) is 4.90 Å². The van der Waals surface area contributed by atoms with E-state index in [1.165, 1.54) is 11.1 Å². The Morgan fingerprint density at radius 1 is 0.957 bits per heavy atom. The number of methoxy groups -OCH3 is 2. The summed E-state index contributed by atoms with van der Waals surface area (Å²) in [6, 6.07) is 18.6. The third-order valence-electron chi connectivity index (χ3n) is 3.65. The van der Waals surface area contributed by atoms with E-state index in [0.29, 0.717) is 0 Å². The van der Waals surface area contributed by atoms with Crippen molar-refractivity contribution in [3.8, 4) is 5.75 Å². The standard InChI is InChI=1S/C20H25NO2/c1-22-16-15-21(14-6-9-18-7-4-3-5-8-18)17-19-10-12-20(23-2)13-11-19/h3-13H,14-17H2,1-2H3/b9-6+. The third kappa shape index (κ3) is 6.27. The summed E-state index contributed by atoms with van der Waals surface area (Å²) in [5.74, 6) is 0.890. The van der Waals surface area contributed by atoms with E-state index in [4.69, 9.17) is 9.47 Å². The first-order valence-corrected chi connectivity index (χ1v) is 7.87. The van der Waals surface area contributed by atoms with Crippen molar-refractivity contribution in [3.63, 3.8) is 0 Å². The van der Waals surface area contributed by atoms with Gasteiger partial charge in [-0.05, 0) is 23.3 Å². The van der Waals surface area contributed by atoms with E-state index in [1.54, 1.807) is 14.2 Å². The summed E-state index contributed by atoms with van der Waals surface area (Å²) < 4.78 is 10.4. The second kappa shape index (κ2) is 9.82. The number of rotatable bonds is 9. The van der Waals surface area contributed by atoms with Gasteiger partial charge in [0.25, 0.3) is 0 Å². The van der Waals surface area contributed by atoms with E-state index >= 15 is 0 Å². The van der Waals surface area contributed by atoms with E-state index < -0.39 is 0 Å². The Bertz CT molecular complexity index is 578. The smallest absolute Gasteiger partial charge is 0.118 e. The fourth-order valence-electron chi connectivity index (χ4n) is 2.35. The lowest BCUT2D eigenvalue weighted by Gasteiger charge is -2.20. The highest BCUT2D eigenvalue weighted by Crippen LogP contribution is 2.13. The maximum Gasteiger partial charge on any atom is 0.118 e. The largest absolute Gasteiger partial charge is 0.497 e. The molecule has 0 saturated carbocycles. The minimum atomic E-state index is 0.731. The van der Waals surface area contributed by atoms with Gasteiger partial charge >= 0.3 is 0 Å². The number of nitrogens with zero attached hydrogens (tertiary/aromatic N) is 1. The highest BCUT2D eigenvalue weighted by Gasteiger charge is 2.04. The van der Waals surface area contributed by atoms with Crippen molar-refractivity contribution >= 4 is 6.08 Å². The van der Waals surface area contributed by atoms with Gasteiger partial charge in [-0.2, -0.15) is 0 Å². The minimum Gasteiger partial charge on any atom is -0.497 e. The van der Waals surface area contributed by atoms with Crippen LogP contribution in [0.15, 0.2) is 60.7 Å². The molecule has 2 aromatic carbocycles. The maximum atomic E-state index is 5.23. The van der Waals surface area contributed by atoms with Crippen LogP contribution in [0.1, 0.15) is 11.1 Å². The zero-order valence-corrected chi connectivity index (χ0v) is 13.9. The van der Waals surface area contributed by atoms with Gasteiger partial charge in [-0.3, -0.25) is 4.90 Å². The first-order chi connectivity index (χ1) is 11.3. The van der Waals surface area contributed by atoms with Crippen LogP contribution < -0.4 is 4.74 Å². The number of hydrogen-bond acceptors (Lipinski definition) is 3. The lowest BCUT2D eigenvalue weighted by Crippen LogP contribution is -2.27. The topological polar surface area (TPSA) is 21.7 Å². The van der Waals surface area contributed by atoms with Crippen LogP contribution in [-0.4, -0.2) is 38.8 Å². The molecule has 0 atom stereocenters. The summed E-state index contributed by atoms with van der Waals surface area (Å²) >= 11 is 0. The lowest BCUT2D eigenvalue weighted by molar-refractivity contribution is 0.151. The van der Waals surface area contributed by atoms with Crippen LogP contribution in [0.3, 0.4) is 0 Å². The maximum absolute atomic E-state index is 5.23. The predicted octanol–water partition coefficient (Wildman–Crippen LogP) is 3.86. The quantitative estimate of drug-likeness (QED) is 0.702. The number of benzene rings is 2. The van der Waals surface area contributed by atoms with Crippen LogP contribution in [0.25, 0.3) is 6.08 Å². The van der Waals surface area contributed by atoms with Gasteiger partial charge in [0.2, 0.25) is 0 Å². The summed E-state index contributed by atoms with van der Waals surface area (Å²) in [6.07, 6.45) is 4.36. The predicted molar refractivity (Wildman–Crippen MR) is 95.6 cm³/mol. The fraction of sp³-hybridized carbons (Fsp3) is 0.300. The van der Waals surface area contributed by atoms with Gasteiger partial charge in [-0.1, -0.05) is 54.6 Å². The Morgan fingerprint density at radius 3 is 2.35 bits per heavy atom. The Hall–Kier alpha value is -2.10. The highest BCUT2D eigenvalue weighted by atomic mass is 16.5. The Kier molecular flexibility index (Phi) is 7.37. The second-order valence-electron chi connectivity index (χ2n) is 5.39. The summed E-state index contributed by atoms with van der Waals surface area (Å²) in [4.78, 5) is 2.37. The Labute approximate surface area is 139 Å². The molecule has 2 aromatic rings. The van der Waals surface area contributed by atoms with E-state index in [2.05, 4.69) is 53.5 Å². The van der Waals surface area contributed by atoms with Crippen molar-refractivity contribution in [3.05, 3.63) is 71.8 Å². The molecular formula is C20H25NO2. The van der Waals surface area contributed by atoms with Crippen LogP contribution in [0.2, 0.25) is 0 Å². The number of hydrogen-bond donors (Lipinski definition) is 0. The van der Waals surface area contributed by atoms with Crippen LogP contribution in [0.5, 0.6) is 5.75 Å². The summed E-state index contributed by atoms with van der Waals surface area (Å²) in [6.45, 7) is 3.42. The van der Waals surface area contributed by atoms with Crippen LogP contribution in [0, 0.1) is 0 Å². The second-order valence-corrected chi connectivity index (χ2v) is 5.39. The molecule has 0 aliphatic rings. The molecule has 0 amide bonds. The van der Waals surface area contributed by atoms with Crippen molar-refractivity contribution in [2.75, 3.05) is 33.9 Å². The normalized spacial score (nSPS) is 11.3. The van der Waals surface area contributed by atoms with Gasteiger partial charge in [0.1, 0.15) is 5.75 Å². The molecule has 0 aliphatic heterocycles. The molecule has 0 aromatic heterocycles. The van der Waals surface area contributed by atoms with Gasteiger partial charge in [0.15, 0.2) is 0 Å². The molecule has 122 valence electrons. The molecule has 0 saturated heterocycles. The van der Waals surface area contributed by atoms with Gasteiger partial charge in [-0.25, -0.2) is 0 Å². The molecule has 0 aliphatic carbocycles. The molecule has 2 rings (SSSR count). The monoisotopic (exact) mass is 311 g/mol. The Balaban J connectivity index is 1.94. The first kappa shape index (κ1) is 17.3. The SMILES string of the molecule is COCCN(C/C=C/c1ccccc1)Cc1ccc(OC)cc1. The molecule has 0 heterocycles. The van der Waals surface area contributed by atoms with E-state index in [0.717, 1.165) is 32.0 Å². The van der Waals surface area contributed by atoms with Gasteiger partial charge in [0.05, 0.1) is 13.7 Å². The van der Waals surface area contributed by atoms with Gasteiger partial charge < -0.3 is 9.47 Å². The van der Waals surface area contributed by atoms with Crippen LogP contribution >= 0.6 is 0 Å². The summed E-state index contributed by atoms with van der Waals surface area (Å²) in [5.41, 5.74) is 2.50. The van der Waals surface area contributed by atoms with Gasteiger partial charge in [-0.15, -0.1) is 0 Å². The Morgan fingerprint density at radius 2 is 1.70 bits per heavy atom. The lowest BCUT2D eigenvalue weighted by atomic mass is 10.2. The number of ether oxygens (including phenoxy) is 2. The molecule has 0 N–H and O–H groups in total. The third-order valence-corrected chi connectivity index (χ3v) is 3.65. The molecular weight excluding hydrogens is 286 g/mol. The average molecular weight is 311 g/mol. The summed E-state index contributed by atoms with van der Waals surface area (Å²) in [7, 11) is 3.43. The molecule has 0 spiro atoms. The van der Waals surface area contributed by atoms with E-state index in [9.17, 15) is 0 Å². The van der Waals surface area contributed by atoms with Crippen molar-refractivity contribution in [2.45, 2.75) is 6.54 Å². The molecule has 0 radical (unpaired) electrons. The fourth-order valence-corrected chi connectivity index (χ4v) is 2.35. The minimum absolute atomic E-state index is 0.731. The first-order valence-electron chi connectivity index (χ1n) is 7.87. The molecule has 3 nitrogen and oxygen atoms in total. The van der Waals surface area contributed by atoms with E-state index in [-0.39, 0.29) is 0 Å². The molecule has 0 unspecified atom stereocenters. The average Bonchev–Trinajstić information content (AvgIpc) is 2.61. The molecule has 0 fully saturated rings. The van der Waals surface area contributed by atoms with Crippen LogP contribution in [-0.2, 0) is 11.3 Å². The highest BCUT2D eigenvalue weighted by molar-refractivity contribution is 5.48. The zero-order valence-electron chi connectivity index (χ0n) is 13.9. The van der Waals surface area contributed by atoms with Crippen LogP contribution in [0.4, 0.5) is 0 Å². The molecule has 3 heteroatoms. The van der Waals surface area contributed by atoms with Crippen molar-refractivity contribution < 1.29 is 9.47 Å².